The minimum absolute atomic E-state index is 0.172. The van der Waals surface area contributed by atoms with Gasteiger partial charge in [0.05, 0.1) is 22.5 Å². The van der Waals surface area contributed by atoms with Crippen LogP contribution in [0.25, 0.3) is 11.3 Å². The summed E-state index contributed by atoms with van der Waals surface area (Å²) in [6.07, 6.45) is 5.61. The van der Waals surface area contributed by atoms with E-state index in [2.05, 4.69) is 20.6 Å². The van der Waals surface area contributed by atoms with E-state index in [-0.39, 0.29) is 11.5 Å². The molecule has 0 saturated heterocycles. The Kier molecular flexibility index (Phi) is 3.52. The van der Waals surface area contributed by atoms with E-state index >= 15 is 0 Å². The van der Waals surface area contributed by atoms with Gasteiger partial charge in [-0.3, -0.25) is 10.1 Å². The molecule has 25 heavy (non-hydrogen) atoms. The molecular weight excluding hydrogens is 318 g/mol. The predicted octanol–water partition coefficient (Wildman–Crippen LogP) is 2.39. The minimum Gasteiger partial charge on any atom is -0.387 e. The number of hydrogen-bond acceptors (Lipinski definition) is 7. The lowest BCUT2D eigenvalue weighted by atomic mass is 9.99. The van der Waals surface area contributed by atoms with Gasteiger partial charge in [-0.25, -0.2) is 4.98 Å². The number of aromatic nitrogens is 4. The maximum absolute atomic E-state index is 8.71. The van der Waals surface area contributed by atoms with Gasteiger partial charge >= 0.3 is 0 Å². The first-order valence-corrected chi connectivity index (χ1v) is 8.11. The molecule has 0 radical (unpaired) electrons. The van der Waals surface area contributed by atoms with Crippen molar-refractivity contribution in [3.63, 3.8) is 0 Å². The first-order chi connectivity index (χ1) is 12.1. The third-order valence-electron chi connectivity index (χ3n) is 4.37. The van der Waals surface area contributed by atoms with Crippen molar-refractivity contribution in [3.8, 4) is 11.3 Å². The summed E-state index contributed by atoms with van der Waals surface area (Å²) in [5, 5.41) is 20.4. The van der Waals surface area contributed by atoms with Crippen LogP contribution in [0.4, 0.5) is 11.5 Å². The molecule has 0 spiro atoms. The van der Waals surface area contributed by atoms with Crippen molar-refractivity contribution in [2.24, 2.45) is 7.05 Å². The Labute approximate surface area is 144 Å². The highest BCUT2D eigenvalue weighted by Gasteiger charge is 2.35. The lowest BCUT2D eigenvalue weighted by Gasteiger charge is -2.11. The summed E-state index contributed by atoms with van der Waals surface area (Å²) in [5.74, 6) is 1.42. The smallest absolute Gasteiger partial charge is 0.149 e. The molecule has 0 atom stereocenters. The summed E-state index contributed by atoms with van der Waals surface area (Å²) in [6.45, 7) is 0. The Morgan fingerprint density at radius 2 is 2.20 bits per heavy atom. The maximum atomic E-state index is 8.71. The molecule has 0 unspecified atom stereocenters. The number of pyridine rings is 1. The van der Waals surface area contributed by atoms with Crippen molar-refractivity contribution < 1.29 is 4.52 Å². The maximum Gasteiger partial charge on any atom is 0.149 e. The average molecular weight is 337 g/mol. The van der Waals surface area contributed by atoms with E-state index in [1.807, 2.05) is 19.3 Å². The lowest BCUT2D eigenvalue weighted by molar-refractivity contribution is 0.384. The molecule has 3 aromatic heterocycles. The minimum atomic E-state index is 0.172. The number of nitrogen functional groups attached to an aromatic ring is 1. The first kappa shape index (κ1) is 15.4. The number of hydrogen-bond donors (Lipinski definition) is 3. The number of nitrogens with zero attached hydrogens (tertiary/aromatic N) is 4. The van der Waals surface area contributed by atoms with E-state index in [0.29, 0.717) is 17.2 Å². The Morgan fingerprint density at radius 1 is 1.40 bits per heavy atom. The quantitative estimate of drug-likeness (QED) is 0.615. The van der Waals surface area contributed by atoms with Gasteiger partial charge in [0.2, 0.25) is 0 Å². The fourth-order valence-corrected chi connectivity index (χ4v) is 2.96. The fraction of sp³-hybridized carbons (Fsp3) is 0.294. The zero-order valence-electron chi connectivity index (χ0n) is 14.1. The summed E-state index contributed by atoms with van der Waals surface area (Å²) >= 11 is 0. The van der Waals surface area contributed by atoms with Gasteiger partial charge in [0.15, 0.2) is 0 Å². The summed E-state index contributed by atoms with van der Waals surface area (Å²) in [7, 11) is 3.64. The zero-order chi connectivity index (χ0) is 17.6. The van der Waals surface area contributed by atoms with Crippen molar-refractivity contribution in [2.75, 3.05) is 18.1 Å². The molecule has 128 valence electrons. The molecule has 3 aromatic rings. The van der Waals surface area contributed by atoms with Crippen LogP contribution < -0.4 is 11.1 Å². The van der Waals surface area contributed by atoms with Gasteiger partial charge in [-0.2, -0.15) is 5.10 Å². The SMILES string of the molecule is CNc1ccnc(N)c1C(=N)c1noc(C2CC2)c1-c1ccn(C)n1. The number of aryl methyl sites for hydroxylation is 1. The van der Waals surface area contributed by atoms with E-state index in [0.717, 1.165) is 35.5 Å². The summed E-state index contributed by atoms with van der Waals surface area (Å²) in [5.41, 5.74) is 9.41. The van der Waals surface area contributed by atoms with Gasteiger partial charge in [0, 0.05) is 38.1 Å². The lowest BCUT2D eigenvalue weighted by Crippen LogP contribution is -2.12. The van der Waals surface area contributed by atoms with Crippen molar-refractivity contribution in [3.05, 3.63) is 41.5 Å². The van der Waals surface area contributed by atoms with Crippen LogP contribution >= 0.6 is 0 Å². The zero-order valence-corrected chi connectivity index (χ0v) is 14.1. The van der Waals surface area contributed by atoms with Gasteiger partial charge in [0.1, 0.15) is 17.3 Å². The molecule has 4 rings (SSSR count). The normalized spacial score (nSPS) is 13.8. The van der Waals surface area contributed by atoms with Crippen LogP contribution in [0.3, 0.4) is 0 Å². The van der Waals surface area contributed by atoms with E-state index < -0.39 is 0 Å². The van der Waals surface area contributed by atoms with E-state index in [1.165, 1.54) is 0 Å². The van der Waals surface area contributed by atoms with E-state index in [4.69, 9.17) is 15.7 Å². The number of anilines is 2. The molecule has 0 aliphatic heterocycles. The van der Waals surface area contributed by atoms with Crippen LogP contribution in [-0.2, 0) is 7.05 Å². The topological polar surface area (TPSA) is 119 Å². The molecule has 1 saturated carbocycles. The predicted molar refractivity (Wildman–Crippen MR) is 94.8 cm³/mol. The van der Waals surface area contributed by atoms with Gasteiger partial charge in [-0.15, -0.1) is 0 Å². The molecule has 8 nitrogen and oxygen atoms in total. The van der Waals surface area contributed by atoms with Crippen LogP contribution in [0, 0.1) is 5.41 Å². The van der Waals surface area contributed by atoms with Gasteiger partial charge in [-0.05, 0) is 25.0 Å². The molecule has 1 aliphatic rings. The number of nitrogens with one attached hydrogen (secondary N) is 2. The molecule has 1 aliphatic carbocycles. The highest BCUT2D eigenvalue weighted by Crippen LogP contribution is 2.45. The monoisotopic (exact) mass is 337 g/mol. The van der Waals surface area contributed by atoms with Crippen molar-refractivity contribution in [2.45, 2.75) is 18.8 Å². The summed E-state index contributed by atoms with van der Waals surface area (Å²) in [6, 6.07) is 3.68. The molecule has 0 bridgehead atoms. The number of rotatable bonds is 5. The van der Waals surface area contributed by atoms with Crippen LogP contribution in [0.2, 0.25) is 0 Å². The third-order valence-corrected chi connectivity index (χ3v) is 4.37. The Morgan fingerprint density at radius 3 is 2.84 bits per heavy atom. The second-order valence-electron chi connectivity index (χ2n) is 6.16. The van der Waals surface area contributed by atoms with E-state index in [1.54, 1.807) is 24.0 Å². The second-order valence-corrected chi connectivity index (χ2v) is 6.16. The third kappa shape index (κ3) is 2.55. The van der Waals surface area contributed by atoms with Crippen LogP contribution in [0.5, 0.6) is 0 Å². The summed E-state index contributed by atoms with van der Waals surface area (Å²) < 4.78 is 7.34. The Hall–Kier alpha value is -3.16. The van der Waals surface area contributed by atoms with Gasteiger partial charge in [-0.1, -0.05) is 5.16 Å². The van der Waals surface area contributed by atoms with Crippen LogP contribution in [0.15, 0.2) is 29.0 Å². The molecule has 8 heteroatoms. The van der Waals surface area contributed by atoms with Crippen molar-refractivity contribution in [1.82, 2.24) is 19.9 Å². The van der Waals surface area contributed by atoms with Gasteiger partial charge < -0.3 is 15.6 Å². The van der Waals surface area contributed by atoms with E-state index in [9.17, 15) is 0 Å². The summed E-state index contributed by atoms with van der Waals surface area (Å²) in [4.78, 5) is 4.11. The number of nitrogens with two attached hydrogens (primary N) is 1. The standard InChI is InChI=1S/C17H19N7O/c1-20-10-5-7-21-17(19)12(10)14(18)15-13(11-6-8-24(2)22-11)16(25-23-15)9-3-4-9/h5-9,18H,3-4H2,1-2H3,(H3,19,20,21). The highest BCUT2D eigenvalue weighted by molar-refractivity contribution is 6.18. The van der Waals surface area contributed by atoms with Crippen molar-refractivity contribution in [1.29, 1.82) is 5.41 Å². The van der Waals surface area contributed by atoms with Crippen molar-refractivity contribution >= 4 is 17.2 Å². The van der Waals surface area contributed by atoms with Gasteiger partial charge in [0.25, 0.3) is 0 Å². The largest absolute Gasteiger partial charge is 0.387 e. The Balaban J connectivity index is 1.88. The molecule has 0 amide bonds. The average Bonchev–Trinajstić information content (AvgIpc) is 3.21. The van der Waals surface area contributed by atoms with Crippen LogP contribution in [0.1, 0.15) is 35.8 Å². The molecular formula is C17H19N7O. The Bertz CT molecular complexity index is 952. The van der Waals surface area contributed by atoms with Crippen LogP contribution in [-0.4, -0.2) is 32.7 Å². The first-order valence-electron chi connectivity index (χ1n) is 8.11. The highest BCUT2D eigenvalue weighted by atomic mass is 16.5. The molecule has 0 aromatic carbocycles. The second kappa shape index (κ2) is 5.73. The molecule has 1 fully saturated rings. The fourth-order valence-electron chi connectivity index (χ4n) is 2.96. The molecule has 3 heterocycles. The molecule has 4 N–H and O–H groups in total.